The van der Waals surface area contributed by atoms with Gasteiger partial charge in [0, 0.05) is 9.61 Å². The van der Waals surface area contributed by atoms with Crippen molar-refractivity contribution in [1.82, 2.24) is 5.32 Å². The summed E-state index contributed by atoms with van der Waals surface area (Å²) in [5.41, 5.74) is 0. The van der Waals surface area contributed by atoms with E-state index in [9.17, 15) is 0 Å². The second kappa shape index (κ2) is 8.00. The summed E-state index contributed by atoms with van der Waals surface area (Å²) in [6.45, 7) is 2.04. The number of halogens is 1. The Morgan fingerprint density at radius 1 is 1.17 bits per heavy atom. The lowest BCUT2D eigenvalue weighted by molar-refractivity contribution is 0.304. The molecule has 0 aliphatic heterocycles. The fourth-order valence-electron chi connectivity index (χ4n) is 1.92. The molecule has 1 aliphatic rings. The zero-order valence-electron chi connectivity index (χ0n) is 10.8. The molecule has 0 saturated heterocycles. The molecule has 0 atom stereocenters. The molecule has 1 fully saturated rings. The van der Waals surface area contributed by atoms with E-state index in [-0.39, 0.29) is 0 Å². The van der Waals surface area contributed by atoms with Gasteiger partial charge in [0.2, 0.25) is 0 Å². The first-order valence-electron chi connectivity index (χ1n) is 6.96. The maximum atomic E-state index is 5.72. The van der Waals surface area contributed by atoms with Gasteiger partial charge in [0.1, 0.15) is 5.75 Å². The van der Waals surface area contributed by atoms with E-state index in [1.54, 1.807) is 0 Å². The minimum absolute atomic E-state index is 0.843. The highest BCUT2D eigenvalue weighted by Gasteiger charge is 2.19. The lowest BCUT2D eigenvalue weighted by Gasteiger charge is -2.06. The molecule has 2 nitrogen and oxygen atoms in total. The van der Waals surface area contributed by atoms with Crippen molar-refractivity contribution in [1.29, 1.82) is 0 Å². The molecule has 0 bridgehead atoms. The lowest BCUT2D eigenvalue weighted by Crippen LogP contribution is -2.17. The molecule has 0 heterocycles. The Kier molecular flexibility index (Phi) is 6.28. The van der Waals surface area contributed by atoms with Crippen LogP contribution in [-0.2, 0) is 0 Å². The van der Waals surface area contributed by atoms with Crippen LogP contribution in [0.2, 0.25) is 0 Å². The highest BCUT2D eigenvalue weighted by molar-refractivity contribution is 14.1. The summed E-state index contributed by atoms with van der Waals surface area (Å²) in [5, 5.41) is 3.55. The van der Waals surface area contributed by atoms with Crippen LogP contribution in [0.15, 0.2) is 24.3 Å². The van der Waals surface area contributed by atoms with E-state index in [1.807, 2.05) is 12.1 Å². The van der Waals surface area contributed by atoms with Crippen LogP contribution in [0.4, 0.5) is 0 Å². The summed E-state index contributed by atoms with van der Waals surface area (Å²) >= 11 is 2.31. The van der Waals surface area contributed by atoms with Crippen molar-refractivity contribution in [2.45, 2.75) is 44.6 Å². The first-order valence-corrected chi connectivity index (χ1v) is 8.04. The number of hydrogen-bond acceptors (Lipinski definition) is 2. The van der Waals surface area contributed by atoms with Crippen LogP contribution in [0, 0.1) is 3.57 Å². The minimum atomic E-state index is 0.843. The molecule has 1 N–H and O–H groups in total. The van der Waals surface area contributed by atoms with Gasteiger partial charge in [-0.2, -0.15) is 0 Å². The topological polar surface area (TPSA) is 21.3 Å². The van der Waals surface area contributed by atoms with Gasteiger partial charge >= 0.3 is 0 Å². The van der Waals surface area contributed by atoms with Crippen molar-refractivity contribution in [3.8, 4) is 5.75 Å². The van der Waals surface area contributed by atoms with Gasteiger partial charge in [-0.15, -0.1) is 0 Å². The molecule has 100 valence electrons. The normalized spacial score (nSPS) is 14.7. The van der Waals surface area contributed by atoms with Crippen molar-refractivity contribution >= 4 is 22.6 Å². The Balaban J connectivity index is 1.43. The average molecular weight is 359 g/mol. The number of benzene rings is 1. The van der Waals surface area contributed by atoms with E-state index in [2.05, 4.69) is 40.0 Å². The smallest absolute Gasteiger partial charge is 0.120 e. The van der Waals surface area contributed by atoms with Gasteiger partial charge in [-0.05, 0) is 73.0 Å². The second-order valence-electron chi connectivity index (χ2n) is 4.95. The molecule has 0 aromatic heterocycles. The number of hydrogen-bond donors (Lipinski definition) is 1. The van der Waals surface area contributed by atoms with Crippen LogP contribution < -0.4 is 10.1 Å². The first-order chi connectivity index (χ1) is 8.84. The molecule has 0 amide bonds. The first kappa shape index (κ1) is 14.1. The second-order valence-corrected chi connectivity index (χ2v) is 6.19. The van der Waals surface area contributed by atoms with Crippen molar-refractivity contribution < 1.29 is 4.74 Å². The molecule has 1 saturated carbocycles. The van der Waals surface area contributed by atoms with Crippen molar-refractivity contribution in [2.24, 2.45) is 0 Å². The van der Waals surface area contributed by atoms with Gasteiger partial charge in [0.25, 0.3) is 0 Å². The summed E-state index contributed by atoms with van der Waals surface area (Å²) in [7, 11) is 0. The van der Waals surface area contributed by atoms with E-state index in [4.69, 9.17) is 4.74 Å². The van der Waals surface area contributed by atoms with E-state index in [0.29, 0.717) is 0 Å². The number of rotatable bonds is 9. The third-order valence-electron chi connectivity index (χ3n) is 3.15. The van der Waals surface area contributed by atoms with Gasteiger partial charge in [0.15, 0.2) is 0 Å². The van der Waals surface area contributed by atoms with E-state index in [1.165, 1.54) is 42.2 Å². The molecular formula is C15H22INO. The van der Waals surface area contributed by atoms with Gasteiger partial charge in [0.05, 0.1) is 6.61 Å². The molecular weight excluding hydrogens is 337 g/mol. The maximum absolute atomic E-state index is 5.72. The van der Waals surface area contributed by atoms with E-state index in [0.717, 1.165) is 24.8 Å². The Morgan fingerprint density at radius 2 is 2.00 bits per heavy atom. The largest absolute Gasteiger partial charge is 0.494 e. The summed E-state index contributed by atoms with van der Waals surface area (Å²) in [6, 6.07) is 9.09. The highest BCUT2D eigenvalue weighted by atomic mass is 127. The Bertz CT molecular complexity index is 352. The van der Waals surface area contributed by atoms with Crippen LogP contribution in [0.3, 0.4) is 0 Å². The van der Waals surface area contributed by atoms with Gasteiger partial charge in [-0.3, -0.25) is 0 Å². The third kappa shape index (κ3) is 6.05. The molecule has 18 heavy (non-hydrogen) atoms. The zero-order valence-corrected chi connectivity index (χ0v) is 13.0. The summed E-state index contributed by atoms with van der Waals surface area (Å²) in [6.07, 6.45) is 7.84. The standard InChI is InChI=1S/C15H22INO/c16-13-6-5-7-15(12-13)18-11-4-2-1-3-10-17-14-8-9-14/h5-7,12,14,17H,1-4,8-11H2. The minimum Gasteiger partial charge on any atom is -0.494 e. The zero-order chi connectivity index (χ0) is 12.6. The van der Waals surface area contributed by atoms with Crippen molar-refractivity contribution in [3.05, 3.63) is 27.8 Å². The molecule has 1 aliphatic carbocycles. The fraction of sp³-hybridized carbons (Fsp3) is 0.600. The third-order valence-corrected chi connectivity index (χ3v) is 3.82. The van der Waals surface area contributed by atoms with E-state index < -0.39 is 0 Å². The molecule has 0 radical (unpaired) electrons. The number of nitrogens with one attached hydrogen (secondary N) is 1. The lowest BCUT2D eigenvalue weighted by atomic mass is 10.2. The van der Waals surface area contributed by atoms with E-state index >= 15 is 0 Å². The fourth-order valence-corrected chi connectivity index (χ4v) is 2.44. The van der Waals surface area contributed by atoms with Gasteiger partial charge in [-0.1, -0.05) is 18.9 Å². The highest BCUT2D eigenvalue weighted by Crippen LogP contribution is 2.18. The van der Waals surface area contributed by atoms with Crippen LogP contribution in [0.25, 0.3) is 0 Å². The predicted molar refractivity (Wildman–Crippen MR) is 84.1 cm³/mol. The van der Waals surface area contributed by atoms with Crippen molar-refractivity contribution in [3.63, 3.8) is 0 Å². The Hall–Kier alpha value is -0.290. The molecule has 1 aromatic rings. The predicted octanol–water partition coefficient (Wildman–Crippen LogP) is 3.98. The van der Waals surface area contributed by atoms with Gasteiger partial charge in [-0.25, -0.2) is 0 Å². The maximum Gasteiger partial charge on any atom is 0.120 e. The van der Waals surface area contributed by atoms with Crippen LogP contribution in [0.5, 0.6) is 5.75 Å². The molecule has 2 rings (SSSR count). The quantitative estimate of drug-likeness (QED) is 0.532. The number of unbranched alkanes of at least 4 members (excludes halogenated alkanes) is 3. The Labute approximate surface area is 124 Å². The van der Waals surface area contributed by atoms with Crippen LogP contribution >= 0.6 is 22.6 Å². The average Bonchev–Trinajstić information content (AvgIpc) is 3.17. The van der Waals surface area contributed by atoms with Gasteiger partial charge < -0.3 is 10.1 Å². The number of ether oxygens (including phenoxy) is 1. The molecule has 0 unspecified atom stereocenters. The SMILES string of the molecule is Ic1cccc(OCCCCCCNC2CC2)c1. The molecule has 3 heteroatoms. The summed E-state index contributed by atoms with van der Waals surface area (Å²) < 4.78 is 6.95. The molecule has 0 spiro atoms. The van der Waals surface area contributed by atoms with Crippen molar-refractivity contribution in [2.75, 3.05) is 13.2 Å². The molecule has 1 aromatic carbocycles. The van der Waals surface area contributed by atoms with Crippen LogP contribution in [-0.4, -0.2) is 19.2 Å². The Morgan fingerprint density at radius 3 is 2.78 bits per heavy atom. The summed E-state index contributed by atoms with van der Waals surface area (Å²) in [5.74, 6) is 0.998. The monoisotopic (exact) mass is 359 g/mol. The summed E-state index contributed by atoms with van der Waals surface area (Å²) in [4.78, 5) is 0. The van der Waals surface area contributed by atoms with Crippen LogP contribution in [0.1, 0.15) is 38.5 Å².